The van der Waals surface area contributed by atoms with Crippen molar-refractivity contribution in [3.63, 3.8) is 0 Å². The van der Waals surface area contributed by atoms with Crippen LogP contribution in [-0.2, 0) is 0 Å². The molecule has 6 nitrogen and oxygen atoms in total. The first-order valence-electron chi connectivity index (χ1n) is 9.68. The van der Waals surface area contributed by atoms with Gasteiger partial charge in [-0.25, -0.2) is 4.79 Å². The Labute approximate surface area is 167 Å². The van der Waals surface area contributed by atoms with E-state index in [9.17, 15) is 4.79 Å². The third-order valence-corrected chi connectivity index (χ3v) is 5.94. The second-order valence-electron chi connectivity index (χ2n) is 7.47. The molecule has 5 rings (SSSR count). The van der Waals surface area contributed by atoms with Crippen LogP contribution in [0.15, 0.2) is 47.3 Å². The number of halogens is 1. The van der Waals surface area contributed by atoms with E-state index in [-0.39, 0.29) is 17.8 Å². The van der Waals surface area contributed by atoms with Crippen molar-refractivity contribution >= 4 is 22.6 Å². The molecule has 3 aromatic rings. The number of likely N-dealkylation sites (tertiary alicyclic amines) is 1. The van der Waals surface area contributed by atoms with Gasteiger partial charge in [0.15, 0.2) is 11.5 Å². The number of aromatic amines is 1. The molecule has 1 atom stereocenters. The molecule has 7 heteroatoms. The number of para-hydroxylation sites is 3. The maximum atomic E-state index is 12.4. The molecule has 146 valence electrons. The van der Waals surface area contributed by atoms with E-state index in [2.05, 4.69) is 9.88 Å². The van der Waals surface area contributed by atoms with Crippen molar-refractivity contribution in [2.45, 2.75) is 25.0 Å². The summed E-state index contributed by atoms with van der Waals surface area (Å²) in [6.45, 7) is 3.16. The Kier molecular flexibility index (Phi) is 4.53. The number of imidazole rings is 1. The highest BCUT2D eigenvalue weighted by Gasteiger charge is 2.28. The molecule has 0 amide bonds. The first kappa shape index (κ1) is 17.6. The van der Waals surface area contributed by atoms with Crippen molar-refractivity contribution in [2.24, 2.45) is 0 Å². The molecule has 0 aliphatic carbocycles. The summed E-state index contributed by atoms with van der Waals surface area (Å²) in [5.74, 6) is 1.35. The number of nitrogens with one attached hydrogen (secondary N) is 1. The summed E-state index contributed by atoms with van der Waals surface area (Å²) < 4.78 is 13.8. The summed E-state index contributed by atoms with van der Waals surface area (Å²) in [5, 5.41) is 0.584. The Morgan fingerprint density at radius 3 is 2.79 bits per heavy atom. The van der Waals surface area contributed by atoms with E-state index < -0.39 is 0 Å². The first-order chi connectivity index (χ1) is 13.7. The quantitative estimate of drug-likeness (QED) is 0.732. The molecule has 0 radical (unpaired) electrons. The van der Waals surface area contributed by atoms with Gasteiger partial charge in [-0.05, 0) is 37.1 Å². The van der Waals surface area contributed by atoms with E-state index in [1.165, 1.54) is 0 Å². The van der Waals surface area contributed by atoms with Crippen molar-refractivity contribution in [3.8, 4) is 11.5 Å². The van der Waals surface area contributed by atoms with Gasteiger partial charge >= 0.3 is 5.69 Å². The Morgan fingerprint density at radius 1 is 1.11 bits per heavy atom. The SMILES string of the molecule is O=c1[nH]c2ccccc2n1C1CCN(CC2COc3c(Cl)cccc3O2)CC1. The van der Waals surface area contributed by atoms with E-state index in [4.69, 9.17) is 21.1 Å². The summed E-state index contributed by atoms with van der Waals surface area (Å²) in [5.41, 5.74) is 1.88. The minimum atomic E-state index is -0.0165. The van der Waals surface area contributed by atoms with Crippen LogP contribution in [0.3, 0.4) is 0 Å². The highest BCUT2D eigenvalue weighted by molar-refractivity contribution is 6.32. The molecule has 0 bridgehead atoms. The number of aromatic nitrogens is 2. The van der Waals surface area contributed by atoms with Gasteiger partial charge in [-0.3, -0.25) is 9.47 Å². The van der Waals surface area contributed by atoms with E-state index in [0.717, 1.165) is 43.5 Å². The molecule has 1 aromatic heterocycles. The maximum absolute atomic E-state index is 12.4. The fraction of sp³-hybridized carbons (Fsp3) is 0.381. The molecule has 2 aliphatic heterocycles. The average Bonchev–Trinajstić information content (AvgIpc) is 3.04. The van der Waals surface area contributed by atoms with Crippen LogP contribution in [-0.4, -0.2) is 46.8 Å². The summed E-state index contributed by atoms with van der Waals surface area (Å²) in [4.78, 5) is 17.8. The van der Waals surface area contributed by atoms with Crippen molar-refractivity contribution in [3.05, 3.63) is 58.0 Å². The van der Waals surface area contributed by atoms with Crippen LogP contribution in [0.1, 0.15) is 18.9 Å². The predicted octanol–water partition coefficient (Wildman–Crippen LogP) is 3.46. The van der Waals surface area contributed by atoms with Gasteiger partial charge in [-0.15, -0.1) is 0 Å². The third-order valence-electron chi connectivity index (χ3n) is 5.65. The second-order valence-corrected chi connectivity index (χ2v) is 7.87. The highest BCUT2D eigenvalue weighted by Crippen LogP contribution is 2.38. The number of nitrogens with zero attached hydrogens (tertiary/aromatic N) is 2. The summed E-state index contributed by atoms with van der Waals surface area (Å²) in [7, 11) is 0. The maximum Gasteiger partial charge on any atom is 0.326 e. The molecule has 2 aromatic carbocycles. The number of fused-ring (bicyclic) bond motifs is 2. The Balaban J connectivity index is 1.23. The van der Waals surface area contributed by atoms with Gasteiger partial charge in [0.2, 0.25) is 0 Å². The standard InChI is InChI=1S/C21H22ClN3O3/c22-16-4-3-7-19-20(16)27-13-15(28-19)12-24-10-8-14(9-11-24)25-18-6-2-1-5-17(18)23-21(25)26/h1-7,14-15H,8-13H2,(H,23,26). The van der Waals surface area contributed by atoms with Crippen LogP contribution in [0.4, 0.5) is 0 Å². The number of H-pyrrole nitrogens is 1. The topological polar surface area (TPSA) is 59.5 Å². The van der Waals surface area contributed by atoms with Crippen molar-refractivity contribution in [1.29, 1.82) is 0 Å². The first-order valence-corrected chi connectivity index (χ1v) is 10.1. The minimum absolute atomic E-state index is 0.0154. The molecule has 28 heavy (non-hydrogen) atoms. The molecule has 1 saturated heterocycles. The molecule has 0 spiro atoms. The fourth-order valence-corrected chi connectivity index (χ4v) is 4.51. The number of hydrogen-bond donors (Lipinski definition) is 1. The largest absolute Gasteiger partial charge is 0.484 e. The van der Waals surface area contributed by atoms with Crippen LogP contribution in [0.25, 0.3) is 11.0 Å². The van der Waals surface area contributed by atoms with E-state index >= 15 is 0 Å². The van der Waals surface area contributed by atoms with Gasteiger partial charge in [0.1, 0.15) is 12.7 Å². The number of benzene rings is 2. The molecule has 1 unspecified atom stereocenters. The summed E-state index contributed by atoms with van der Waals surface area (Å²) in [6.07, 6.45) is 1.87. The molecular formula is C21H22ClN3O3. The number of ether oxygens (including phenoxy) is 2. The third kappa shape index (κ3) is 3.16. The van der Waals surface area contributed by atoms with Crippen molar-refractivity contribution < 1.29 is 9.47 Å². The molecule has 3 heterocycles. The summed E-state index contributed by atoms with van der Waals surface area (Å²) in [6, 6.07) is 13.7. The normalized spacial score (nSPS) is 20.5. The van der Waals surface area contributed by atoms with Crippen molar-refractivity contribution in [2.75, 3.05) is 26.2 Å². The second kappa shape index (κ2) is 7.18. The Hall–Kier alpha value is -2.44. The van der Waals surface area contributed by atoms with Gasteiger partial charge in [0, 0.05) is 25.7 Å². The molecule has 0 saturated carbocycles. The number of rotatable bonds is 3. The van der Waals surface area contributed by atoms with E-state index in [1.54, 1.807) is 0 Å². The fourth-order valence-electron chi connectivity index (χ4n) is 4.29. The Bertz CT molecular complexity index is 1050. The van der Waals surface area contributed by atoms with Gasteiger partial charge in [0.05, 0.1) is 16.1 Å². The molecule has 1 fully saturated rings. The van der Waals surface area contributed by atoms with E-state index in [0.29, 0.717) is 23.1 Å². The smallest absolute Gasteiger partial charge is 0.326 e. The van der Waals surface area contributed by atoms with Crippen LogP contribution < -0.4 is 15.2 Å². The zero-order valence-corrected chi connectivity index (χ0v) is 16.2. The van der Waals surface area contributed by atoms with Gasteiger partial charge in [-0.1, -0.05) is 29.8 Å². The number of hydrogen-bond acceptors (Lipinski definition) is 4. The van der Waals surface area contributed by atoms with Crippen LogP contribution in [0, 0.1) is 0 Å². The van der Waals surface area contributed by atoms with Gasteiger partial charge in [0.25, 0.3) is 0 Å². The zero-order chi connectivity index (χ0) is 19.1. The lowest BCUT2D eigenvalue weighted by atomic mass is 10.0. The monoisotopic (exact) mass is 399 g/mol. The average molecular weight is 400 g/mol. The van der Waals surface area contributed by atoms with Crippen LogP contribution in [0.5, 0.6) is 11.5 Å². The predicted molar refractivity (Wildman–Crippen MR) is 109 cm³/mol. The lowest BCUT2D eigenvalue weighted by molar-refractivity contribution is 0.0486. The van der Waals surface area contributed by atoms with Crippen molar-refractivity contribution in [1.82, 2.24) is 14.5 Å². The van der Waals surface area contributed by atoms with Gasteiger partial charge in [-0.2, -0.15) is 0 Å². The highest BCUT2D eigenvalue weighted by atomic mass is 35.5. The van der Waals surface area contributed by atoms with E-state index in [1.807, 2.05) is 47.0 Å². The Morgan fingerprint density at radius 2 is 1.93 bits per heavy atom. The number of piperidine rings is 1. The lowest BCUT2D eigenvalue weighted by Crippen LogP contribution is -2.45. The molecular weight excluding hydrogens is 378 g/mol. The minimum Gasteiger partial charge on any atom is -0.484 e. The van der Waals surface area contributed by atoms with Gasteiger partial charge < -0.3 is 14.5 Å². The van der Waals surface area contributed by atoms with Crippen LogP contribution >= 0.6 is 11.6 Å². The summed E-state index contributed by atoms with van der Waals surface area (Å²) >= 11 is 6.16. The lowest BCUT2D eigenvalue weighted by Gasteiger charge is -2.36. The van der Waals surface area contributed by atoms with Crippen LogP contribution in [0.2, 0.25) is 5.02 Å². The zero-order valence-electron chi connectivity index (χ0n) is 15.4. The molecule has 1 N–H and O–H groups in total. The molecule has 2 aliphatic rings.